The zero-order valence-electron chi connectivity index (χ0n) is 11.6. The van der Waals surface area contributed by atoms with Crippen LogP contribution in [0.25, 0.3) is 0 Å². The molecule has 0 saturated heterocycles. The summed E-state index contributed by atoms with van der Waals surface area (Å²) in [5.41, 5.74) is 2.39. The molecule has 1 aliphatic rings. The van der Waals surface area contributed by atoms with E-state index in [1.54, 1.807) is 6.33 Å². The van der Waals surface area contributed by atoms with Gasteiger partial charge in [-0.3, -0.25) is 0 Å². The van der Waals surface area contributed by atoms with Crippen LogP contribution in [0.4, 0.5) is 0 Å². The maximum absolute atomic E-state index is 4.46. The fourth-order valence-corrected chi connectivity index (χ4v) is 3.82. The highest BCUT2D eigenvalue weighted by atomic mass is 32.2. The fraction of sp³-hybridized carbons (Fsp3) is 0.733. The molecular formula is C15H24N2S. The summed E-state index contributed by atoms with van der Waals surface area (Å²) >= 11 is 1.99. The normalized spacial score (nSPS) is 19.0. The second kappa shape index (κ2) is 7.13. The largest absolute Gasteiger partial charge is 0.241 e. The van der Waals surface area contributed by atoms with Gasteiger partial charge in [-0.05, 0) is 26.7 Å². The van der Waals surface area contributed by atoms with E-state index in [-0.39, 0.29) is 0 Å². The molecule has 0 atom stereocenters. The fourth-order valence-electron chi connectivity index (χ4n) is 2.51. The Balaban J connectivity index is 1.99. The molecule has 18 heavy (non-hydrogen) atoms. The molecule has 0 N–H and O–H groups in total. The molecule has 1 aromatic heterocycles. The van der Waals surface area contributed by atoms with Gasteiger partial charge >= 0.3 is 0 Å². The third-order valence-corrected chi connectivity index (χ3v) is 5.31. The number of thioether (sulfide) groups is 1. The van der Waals surface area contributed by atoms with Crippen molar-refractivity contribution in [2.75, 3.05) is 0 Å². The molecule has 1 aromatic rings. The first-order chi connectivity index (χ1) is 8.77. The van der Waals surface area contributed by atoms with Crippen LogP contribution in [0.2, 0.25) is 0 Å². The molecule has 0 aliphatic heterocycles. The van der Waals surface area contributed by atoms with E-state index in [0.717, 1.165) is 10.9 Å². The predicted octanol–water partition coefficient (Wildman–Crippen LogP) is 4.69. The van der Waals surface area contributed by atoms with Gasteiger partial charge in [0, 0.05) is 16.5 Å². The lowest BCUT2D eigenvalue weighted by atomic mass is 10.1. The van der Waals surface area contributed by atoms with Crippen LogP contribution >= 0.6 is 11.8 Å². The van der Waals surface area contributed by atoms with Gasteiger partial charge in [-0.2, -0.15) is 0 Å². The third-order valence-electron chi connectivity index (χ3n) is 3.87. The topological polar surface area (TPSA) is 25.8 Å². The Hall–Kier alpha value is -0.570. The Kier molecular flexibility index (Phi) is 5.48. The molecule has 0 radical (unpaired) electrons. The minimum absolute atomic E-state index is 0.760. The minimum atomic E-state index is 0.760. The van der Waals surface area contributed by atoms with Gasteiger partial charge in [0.1, 0.15) is 11.4 Å². The van der Waals surface area contributed by atoms with E-state index in [1.807, 2.05) is 11.8 Å². The molecule has 1 heterocycles. The highest BCUT2D eigenvalue weighted by molar-refractivity contribution is 7.99. The van der Waals surface area contributed by atoms with E-state index in [1.165, 1.54) is 62.0 Å². The van der Waals surface area contributed by atoms with Crippen molar-refractivity contribution in [1.29, 1.82) is 0 Å². The first kappa shape index (κ1) is 13.9. The van der Waals surface area contributed by atoms with Crippen molar-refractivity contribution >= 4 is 11.8 Å². The average molecular weight is 264 g/mol. The SMILES string of the molecule is Cc1ncnc(SC2CCCCCCCC2)c1C. The first-order valence-electron chi connectivity index (χ1n) is 7.22. The Labute approximate surface area is 115 Å². The van der Waals surface area contributed by atoms with Crippen molar-refractivity contribution in [3.63, 3.8) is 0 Å². The van der Waals surface area contributed by atoms with Gasteiger partial charge in [-0.15, -0.1) is 11.8 Å². The summed E-state index contributed by atoms with van der Waals surface area (Å²) in [4.78, 5) is 8.72. The molecule has 0 spiro atoms. The molecule has 0 bridgehead atoms. The van der Waals surface area contributed by atoms with Crippen molar-refractivity contribution in [3.8, 4) is 0 Å². The monoisotopic (exact) mass is 264 g/mol. The van der Waals surface area contributed by atoms with Crippen LogP contribution in [-0.4, -0.2) is 15.2 Å². The minimum Gasteiger partial charge on any atom is -0.241 e. The first-order valence-corrected chi connectivity index (χ1v) is 8.10. The van der Waals surface area contributed by atoms with E-state index >= 15 is 0 Å². The summed E-state index contributed by atoms with van der Waals surface area (Å²) < 4.78 is 0. The maximum atomic E-state index is 4.46. The summed E-state index contributed by atoms with van der Waals surface area (Å²) in [6, 6.07) is 0. The number of hydrogen-bond donors (Lipinski definition) is 0. The summed E-state index contributed by atoms with van der Waals surface area (Å²) in [5, 5.41) is 1.96. The summed E-state index contributed by atoms with van der Waals surface area (Å²) in [6.45, 7) is 4.22. The van der Waals surface area contributed by atoms with E-state index in [9.17, 15) is 0 Å². The predicted molar refractivity (Wildman–Crippen MR) is 78.1 cm³/mol. The highest BCUT2D eigenvalue weighted by Gasteiger charge is 2.14. The Bertz CT molecular complexity index is 369. The number of aryl methyl sites for hydroxylation is 1. The Morgan fingerprint density at radius 3 is 2.22 bits per heavy atom. The molecular weight excluding hydrogens is 240 g/mol. The van der Waals surface area contributed by atoms with Crippen LogP contribution in [0.3, 0.4) is 0 Å². The molecule has 0 unspecified atom stereocenters. The second-order valence-electron chi connectivity index (χ2n) is 5.33. The summed E-state index contributed by atoms with van der Waals surface area (Å²) in [5.74, 6) is 0. The lowest BCUT2D eigenvalue weighted by Gasteiger charge is -2.16. The van der Waals surface area contributed by atoms with E-state index < -0.39 is 0 Å². The molecule has 3 heteroatoms. The molecule has 0 aromatic carbocycles. The number of aromatic nitrogens is 2. The molecule has 0 amide bonds. The standard InChI is InChI=1S/C15H24N2S/c1-12-13(2)16-11-17-15(12)18-14-9-7-5-3-4-6-8-10-14/h11,14H,3-10H2,1-2H3. The molecule has 1 aliphatic carbocycles. The van der Waals surface area contributed by atoms with Crippen LogP contribution in [0.5, 0.6) is 0 Å². The van der Waals surface area contributed by atoms with Crippen molar-refractivity contribution < 1.29 is 0 Å². The second-order valence-corrected chi connectivity index (χ2v) is 6.62. The van der Waals surface area contributed by atoms with Crippen molar-refractivity contribution in [2.24, 2.45) is 0 Å². The van der Waals surface area contributed by atoms with Gasteiger partial charge in [0.2, 0.25) is 0 Å². The van der Waals surface area contributed by atoms with Crippen molar-refractivity contribution in [3.05, 3.63) is 17.6 Å². The van der Waals surface area contributed by atoms with Gasteiger partial charge in [0.25, 0.3) is 0 Å². The van der Waals surface area contributed by atoms with Gasteiger partial charge in [-0.25, -0.2) is 9.97 Å². The van der Waals surface area contributed by atoms with Crippen LogP contribution in [0.1, 0.15) is 62.6 Å². The van der Waals surface area contributed by atoms with Crippen molar-refractivity contribution in [1.82, 2.24) is 9.97 Å². The average Bonchev–Trinajstić information content (AvgIpc) is 2.49. The summed E-state index contributed by atoms with van der Waals surface area (Å²) in [7, 11) is 0. The van der Waals surface area contributed by atoms with Gasteiger partial charge in [0.05, 0.1) is 0 Å². The van der Waals surface area contributed by atoms with Crippen molar-refractivity contribution in [2.45, 2.75) is 75.5 Å². The smallest absolute Gasteiger partial charge is 0.116 e. The number of hydrogen-bond acceptors (Lipinski definition) is 3. The summed E-state index contributed by atoms with van der Waals surface area (Å²) in [6.07, 6.45) is 12.9. The molecule has 1 fully saturated rings. The van der Waals surface area contributed by atoms with Crippen LogP contribution in [-0.2, 0) is 0 Å². The zero-order chi connectivity index (χ0) is 12.8. The zero-order valence-corrected chi connectivity index (χ0v) is 12.4. The lowest BCUT2D eigenvalue weighted by molar-refractivity contribution is 0.624. The molecule has 100 valence electrons. The Morgan fingerprint density at radius 1 is 0.944 bits per heavy atom. The van der Waals surface area contributed by atoms with Crippen LogP contribution in [0.15, 0.2) is 11.4 Å². The quantitative estimate of drug-likeness (QED) is 0.725. The Morgan fingerprint density at radius 2 is 1.56 bits per heavy atom. The lowest BCUT2D eigenvalue weighted by Crippen LogP contribution is -2.04. The van der Waals surface area contributed by atoms with Gasteiger partial charge in [0.15, 0.2) is 0 Å². The van der Waals surface area contributed by atoms with E-state index in [0.29, 0.717) is 0 Å². The van der Waals surface area contributed by atoms with Gasteiger partial charge in [-0.1, -0.05) is 38.5 Å². The number of nitrogens with zero attached hydrogens (tertiary/aromatic N) is 2. The third kappa shape index (κ3) is 3.98. The van der Waals surface area contributed by atoms with Gasteiger partial charge < -0.3 is 0 Å². The molecule has 2 nitrogen and oxygen atoms in total. The molecule has 2 rings (SSSR count). The highest BCUT2D eigenvalue weighted by Crippen LogP contribution is 2.32. The molecule has 1 saturated carbocycles. The van der Waals surface area contributed by atoms with Crippen LogP contribution in [0, 0.1) is 13.8 Å². The number of rotatable bonds is 2. The maximum Gasteiger partial charge on any atom is 0.116 e. The van der Waals surface area contributed by atoms with Crippen LogP contribution < -0.4 is 0 Å². The van der Waals surface area contributed by atoms with E-state index in [2.05, 4.69) is 23.8 Å². The van der Waals surface area contributed by atoms with E-state index in [4.69, 9.17) is 0 Å².